The van der Waals surface area contributed by atoms with Crippen LogP contribution in [0.4, 0.5) is 0 Å². The molecule has 1 heterocycles. The van der Waals surface area contributed by atoms with E-state index < -0.39 is 12.2 Å². The zero-order chi connectivity index (χ0) is 16.1. The number of aryl methyl sites for hydroxylation is 1. The van der Waals surface area contributed by atoms with Crippen LogP contribution in [-0.4, -0.2) is 41.9 Å². The zero-order valence-corrected chi connectivity index (χ0v) is 13.4. The van der Waals surface area contributed by atoms with E-state index in [2.05, 4.69) is 10.2 Å². The van der Waals surface area contributed by atoms with E-state index in [0.29, 0.717) is 5.75 Å². The fraction of sp³-hybridized carbons (Fsp3) is 0.467. The molecule has 6 nitrogen and oxygen atoms in total. The summed E-state index contributed by atoms with van der Waals surface area (Å²) >= 11 is 1.40. The van der Waals surface area contributed by atoms with Crippen molar-refractivity contribution in [3.8, 4) is 0 Å². The fourth-order valence-corrected chi connectivity index (χ4v) is 3.03. The van der Waals surface area contributed by atoms with Crippen LogP contribution >= 0.6 is 11.8 Å². The molecule has 2 rings (SSSR count). The molecule has 3 atom stereocenters. The maximum atomic E-state index is 10.4. The first-order chi connectivity index (χ1) is 10.5. The number of thioether (sulfide) groups is 1. The Labute approximate surface area is 133 Å². The highest BCUT2D eigenvalue weighted by Crippen LogP contribution is 2.27. The van der Waals surface area contributed by atoms with Gasteiger partial charge in [0.25, 0.3) is 0 Å². The molecule has 0 aliphatic carbocycles. The molecule has 0 unspecified atom stereocenters. The summed E-state index contributed by atoms with van der Waals surface area (Å²) in [5.74, 6) is 0.111. The second kappa shape index (κ2) is 7.73. The van der Waals surface area contributed by atoms with Gasteiger partial charge in [-0.05, 0) is 11.1 Å². The van der Waals surface area contributed by atoms with Crippen molar-refractivity contribution in [2.45, 2.75) is 30.9 Å². The van der Waals surface area contributed by atoms with Crippen molar-refractivity contribution in [1.29, 1.82) is 0 Å². The van der Waals surface area contributed by atoms with E-state index in [1.54, 1.807) is 35.2 Å². The second-order valence-electron chi connectivity index (χ2n) is 5.31. The van der Waals surface area contributed by atoms with E-state index >= 15 is 0 Å². The summed E-state index contributed by atoms with van der Waals surface area (Å²) in [5.41, 5.74) is 1.52. The minimum atomic E-state index is -0.761. The molecule has 22 heavy (non-hydrogen) atoms. The Bertz CT molecular complexity index is 588. The van der Waals surface area contributed by atoms with E-state index in [0.717, 1.165) is 16.3 Å². The van der Waals surface area contributed by atoms with E-state index in [-0.39, 0.29) is 12.5 Å². The van der Waals surface area contributed by atoms with Crippen molar-refractivity contribution in [3.05, 3.63) is 41.7 Å². The molecule has 0 aliphatic heterocycles. The lowest BCUT2D eigenvalue weighted by Crippen LogP contribution is -2.26. The number of hydrogen-bond acceptors (Lipinski definition) is 6. The number of rotatable bonds is 7. The lowest BCUT2D eigenvalue weighted by Gasteiger charge is -2.24. The van der Waals surface area contributed by atoms with Crippen LogP contribution in [0.25, 0.3) is 0 Å². The predicted octanol–water partition coefficient (Wildman–Crippen LogP) is 1.13. The number of nitrogens with zero attached hydrogens (tertiary/aromatic N) is 3. The molecule has 2 aromatic rings. The molecule has 0 aliphatic rings. The van der Waals surface area contributed by atoms with Gasteiger partial charge in [0, 0.05) is 18.7 Å². The quantitative estimate of drug-likeness (QED) is 0.662. The summed E-state index contributed by atoms with van der Waals surface area (Å²) in [6.45, 7) is 1.79. The molecule has 0 radical (unpaired) electrons. The minimum Gasteiger partial charge on any atom is -0.392 e. The first-order valence-electron chi connectivity index (χ1n) is 7.05. The maximum absolute atomic E-state index is 10.4. The number of benzene rings is 1. The van der Waals surface area contributed by atoms with Crippen LogP contribution in [0.15, 0.2) is 35.7 Å². The average molecular weight is 323 g/mol. The van der Waals surface area contributed by atoms with E-state index in [9.17, 15) is 10.2 Å². The Balaban J connectivity index is 1.93. The van der Waals surface area contributed by atoms with E-state index in [4.69, 9.17) is 5.11 Å². The van der Waals surface area contributed by atoms with Gasteiger partial charge in [0.1, 0.15) is 6.33 Å². The molecule has 1 aromatic carbocycles. The zero-order valence-electron chi connectivity index (χ0n) is 12.6. The molecule has 120 valence electrons. The van der Waals surface area contributed by atoms with Crippen LogP contribution in [0.1, 0.15) is 24.2 Å². The number of aromatic nitrogens is 3. The summed E-state index contributed by atoms with van der Waals surface area (Å²) in [7, 11) is 1.84. The largest absolute Gasteiger partial charge is 0.392 e. The van der Waals surface area contributed by atoms with Crippen molar-refractivity contribution in [1.82, 2.24) is 14.8 Å². The number of aliphatic hydroxyl groups is 3. The Hall–Kier alpha value is -1.41. The average Bonchev–Trinajstić information content (AvgIpc) is 2.96. The van der Waals surface area contributed by atoms with Crippen LogP contribution in [0.5, 0.6) is 0 Å². The van der Waals surface area contributed by atoms with Crippen molar-refractivity contribution in [2.24, 2.45) is 13.0 Å². The van der Waals surface area contributed by atoms with Crippen molar-refractivity contribution in [3.63, 3.8) is 0 Å². The monoisotopic (exact) mass is 323 g/mol. The molecule has 7 heteroatoms. The molecule has 0 fully saturated rings. The topological polar surface area (TPSA) is 91.4 Å². The third kappa shape index (κ3) is 4.07. The molecule has 3 N–H and O–H groups in total. The molecule has 0 saturated heterocycles. The molecule has 1 aromatic heterocycles. The lowest BCUT2D eigenvalue weighted by molar-refractivity contribution is 0.0330. The third-order valence-electron chi connectivity index (χ3n) is 3.66. The minimum absolute atomic E-state index is 0.0249. The van der Waals surface area contributed by atoms with Crippen LogP contribution in [0.3, 0.4) is 0 Å². The normalized spacial score (nSPS) is 15.5. The Morgan fingerprint density at radius 1 is 1.23 bits per heavy atom. The molecular formula is C15H21N3O3S. The Morgan fingerprint density at radius 3 is 2.45 bits per heavy atom. The Morgan fingerprint density at radius 2 is 1.91 bits per heavy atom. The molecular weight excluding hydrogens is 302 g/mol. The first-order valence-corrected chi connectivity index (χ1v) is 8.04. The molecule has 0 spiro atoms. The van der Waals surface area contributed by atoms with Gasteiger partial charge in [-0.2, -0.15) is 0 Å². The third-order valence-corrected chi connectivity index (χ3v) is 4.80. The second-order valence-corrected chi connectivity index (χ2v) is 6.29. The summed E-state index contributed by atoms with van der Waals surface area (Å²) in [5, 5.41) is 38.1. The van der Waals surface area contributed by atoms with Crippen molar-refractivity contribution >= 4 is 11.8 Å². The Kier molecular flexibility index (Phi) is 5.96. The van der Waals surface area contributed by atoms with E-state index in [1.165, 1.54) is 11.8 Å². The maximum Gasteiger partial charge on any atom is 0.190 e. The highest BCUT2D eigenvalue weighted by Gasteiger charge is 2.24. The van der Waals surface area contributed by atoms with Gasteiger partial charge in [-0.3, -0.25) is 0 Å². The summed E-state index contributed by atoms with van der Waals surface area (Å²) in [4.78, 5) is 0. The van der Waals surface area contributed by atoms with E-state index in [1.807, 2.05) is 14.0 Å². The molecule has 0 bridgehead atoms. The highest BCUT2D eigenvalue weighted by molar-refractivity contribution is 7.99. The van der Waals surface area contributed by atoms with Gasteiger partial charge in [0.2, 0.25) is 0 Å². The van der Waals surface area contributed by atoms with Crippen LogP contribution in [0, 0.1) is 5.92 Å². The van der Waals surface area contributed by atoms with Crippen LogP contribution < -0.4 is 0 Å². The fourth-order valence-electron chi connectivity index (χ4n) is 2.05. The first kappa shape index (κ1) is 17.0. The summed E-state index contributed by atoms with van der Waals surface area (Å²) in [6.07, 6.45) is 0.174. The SMILES string of the molecule is C[C@@H]([C@H](O)c1ccc(CO)cc1)[C@@H](O)CSc1nncn1C. The van der Waals surface area contributed by atoms with Gasteiger partial charge in [-0.15, -0.1) is 10.2 Å². The summed E-state index contributed by atoms with van der Waals surface area (Å²) < 4.78 is 1.78. The van der Waals surface area contributed by atoms with Crippen LogP contribution in [0.2, 0.25) is 0 Å². The van der Waals surface area contributed by atoms with Gasteiger partial charge < -0.3 is 19.9 Å². The van der Waals surface area contributed by atoms with Gasteiger partial charge in [0.05, 0.1) is 18.8 Å². The standard InChI is InChI=1S/C15H21N3O3S/c1-10(13(20)8-22-15-17-16-9-18(15)2)14(21)12-5-3-11(7-19)4-6-12/h3-6,9-10,13-14,19-21H,7-8H2,1-2H3/t10-,13+,14+/m1/s1. The van der Waals surface area contributed by atoms with Gasteiger partial charge in [-0.1, -0.05) is 43.0 Å². The van der Waals surface area contributed by atoms with Crippen molar-refractivity contribution < 1.29 is 15.3 Å². The lowest BCUT2D eigenvalue weighted by atomic mass is 9.93. The van der Waals surface area contributed by atoms with Gasteiger partial charge >= 0.3 is 0 Å². The number of hydrogen-bond donors (Lipinski definition) is 3. The van der Waals surface area contributed by atoms with Crippen molar-refractivity contribution in [2.75, 3.05) is 5.75 Å². The van der Waals surface area contributed by atoms with Crippen LogP contribution in [-0.2, 0) is 13.7 Å². The van der Waals surface area contributed by atoms with Gasteiger partial charge in [-0.25, -0.2) is 0 Å². The predicted molar refractivity (Wildman–Crippen MR) is 84.2 cm³/mol. The number of aliphatic hydroxyl groups excluding tert-OH is 3. The highest BCUT2D eigenvalue weighted by atomic mass is 32.2. The summed E-state index contributed by atoms with van der Waals surface area (Å²) in [6, 6.07) is 7.09. The van der Waals surface area contributed by atoms with Gasteiger partial charge in [0.15, 0.2) is 5.16 Å². The smallest absolute Gasteiger partial charge is 0.190 e. The molecule has 0 amide bonds. The molecule has 0 saturated carbocycles.